The normalized spacial score (nSPS) is 11.1. The van der Waals surface area contributed by atoms with E-state index in [1.54, 1.807) is 12.4 Å². The average molecular weight is 188 g/mol. The fourth-order valence-electron chi connectivity index (χ4n) is 1.42. The summed E-state index contributed by atoms with van der Waals surface area (Å²) in [6.07, 6.45) is 3.30. The minimum Gasteiger partial charge on any atom is -0.329 e. The van der Waals surface area contributed by atoms with E-state index in [0.717, 1.165) is 11.1 Å². The minimum absolute atomic E-state index is 0.0784. The molecule has 2 aromatic heterocycles. The van der Waals surface area contributed by atoms with Gasteiger partial charge in [0.1, 0.15) is 0 Å². The van der Waals surface area contributed by atoms with Crippen molar-refractivity contribution >= 4 is 10.8 Å². The Hall–Kier alpha value is -1.64. The van der Waals surface area contributed by atoms with Crippen LogP contribution in [0.1, 0.15) is 25.5 Å². The van der Waals surface area contributed by atoms with Crippen molar-refractivity contribution in [2.45, 2.75) is 19.8 Å². The highest BCUT2D eigenvalue weighted by atomic mass is 16.1. The van der Waals surface area contributed by atoms with Gasteiger partial charge in [0.2, 0.25) is 0 Å². The molecule has 0 aliphatic carbocycles. The Morgan fingerprint density at radius 3 is 2.93 bits per heavy atom. The van der Waals surface area contributed by atoms with E-state index in [9.17, 15) is 4.79 Å². The molecule has 0 aliphatic rings. The molecule has 3 nitrogen and oxygen atoms in total. The summed E-state index contributed by atoms with van der Waals surface area (Å²) in [5, 5.41) is 1.60. The first kappa shape index (κ1) is 8.94. The highest BCUT2D eigenvalue weighted by molar-refractivity contribution is 5.80. The SMILES string of the molecule is CC(C)c1cc2cc[nH]c(=O)c2cn1. The van der Waals surface area contributed by atoms with Crippen molar-refractivity contribution < 1.29 is 0 Å². The molecule has 0 aromatic carbocycles. The summed E-state index contributed by atoms with van der Waals surface area (Å²) < 4.78 is 0. The third-order valence-electron chi connectivity index (χ3n) is 2.27. The molecule has 0 amide bonds. The van der Waals surface area contributed by atoms with E-state index in [0.29, 0.717) is 11.3 Å². The summed E-state index contributed by atoms with van der Waals surface area (Å²) >= 11 is 0. The van der Waals surface area contributed by atoms with Gasteiger partial charge in [0, 0.05) is 18.1 Å². The zero-order chi connectivity index (χ0) is 10.1. The number of aromatic amines is 1. The number of hydrogen-bond acceptors (Lipinski definition) is 2. The van der Waals surface area contributed by atoms with Gasteiger partial charge >= 0.3 is 0 Å². The molecule has 1 N–H and O–H groups in total. The molecule has 2 rings (SSSR count). The van der Waals surface area contributed by atoms with E-state index in [4.69, 9.17) is 0 Å². The predicted octanol–water partition coefficient (Wildman–Crippen LogP) is 2.05. The number of rotatable bonds is 1. The van der Waals surface area contributed by atoms with Gasteiger partial charge < -0.3 is 4.98 Å². The Balaban J connectivity index is 2.74. The fraction of sp³-hybridized carbons (Fsp3) is 0.273. The average Bonchev–Trinajstić information content (AvgIpc) is 2.17. The maximum Gasteiger partial charge on any atom is 0.257 e. The molecule has 0 fully saturated rings. The maximum absolute atomic E-state index is 11.4. The molecule has 72 valence electrons. The second-order valence-electron chi connectivity index (χ2n) is 3.66. The molecule has 2 heterocycles. The highest BCUT2D eigenvalue weighted by Gasteiger charge is 2.03. The molecular formula is C11H12N2O. The number of pyridine rings is 2. The molecule has 0 radical (unpaired) electrons. The van der Waals surface area contributed by atoms with Crippen molar-refractivity contribution in [2.24, 2.45) is 0 Å². The first-order valence-corrected chi connectivity index (χ1v) is 4.66. The highest BCUT2D eigenvalue weighted by Crippen LogP contribution is 2.15. The smallest absolute Gasteiger partial charge is 0.257 e. The molecular weight excluding hydrogens is 176 g/mol. The van der Waals surface area contributed by atoms with Crippen LogP contribution in [0.25, 0.3) is 10.8 Å². The lowest BCUT2D eigenvalue weighted by molar-refractivity contribution is 0.826. The summed E-state index contributed by atoms with van der Waals surface area (Å²) in [6, 6.07) is 3.86. The van der Waals surface area contributed by atoms with Crippen molar-refractivity contribution in [3.05, 3.63) is 40.6 Å². The quantitative estimate of drug-likeness (QED) is 0.744. The van der Waals surface area contributed by atoms with Gasteiger partial charge in [0.05, 0.1) is 5.39 Å². The zero-order valence-electron chi connectivity index (χ0n) is 8.24. The van der Waals surface area contributed by atoms with Crippen molar-refractivity contribution in [2.75, 3.05) is 0 Å². The molecule has 0 bridgehead atoms. The van der Waals surface area contributed by atoms with Gasteiger partial charge in [-0.15, -0.1) is 0 Å². The van der Waals surface area contributed by atoms with Crippen molar-refractivity contribution in [1.82, 2.24) is 9.97 Å². The molecule has 2 aromatic rings. The predicted molar refractivity (Wildman–Crippen MR) is 56.5 cm³/mol. The van der Waals surface area contributed by atoms with E-state index >= 15 is 0 Å². The number of hydrogen-bond donors (Lipinski definition) is 1. The van der Waals surface area contributed by atoms with E-state index in [1.807, 2.05) is 12.1 Å². The summed E-state index contributed by atoms with van der Waals surface area (Å²) in [4.78, 5) is 18.2. The third kappa shape index (κ3) is 1.41. The standard InChI is InChI=1S/C11H12N2O/c1-7(2)10-5-8-3-4-12-11(14)9(8)6-13-10/h3-7H,1-2H3,(H,12,14). The van der Waals surface area contributed by atoms with Crippen LogP contribution in [-0.2, 0) is 0 Å². The molecule has 0 aliphatic heterocycles. The van der Waals surface area contributed by atoms with Crippen LogP contribution in [0.5, 0.6) is 0 Å². The van der Waals surface area contributed by atoms with Gasteiger partial charge in [-0.25, -0.2) is 0 Å². The Morgan fingerprint density at radius 2 is 2.21 bits per heavy atom. The summed E-state index contributed by atoms with van der Waals surface area (Å²) in [6.45, 7) is 4.17. The molecule has 0 spiro atoms. The minimum atomic E-state index is -0.0784. The van der Waals surface area contributed by atoms with Gasteiger partial charge in [-0.1, -0.05) is 13.8 Å². The molecule has 0 atom stereocenters. The number of fused-ring (bicyclic) bond motifs is 1. The van der Waals surface area contributed by atoms with Crippen LogP contribution < -0.4 is 5.56 Å². The summed E-state index contributed by atoms with van der Waals surface area (Å²) in [7, 11) is 0. The zero-order valence-corrected chi connectivity index (χ0v) is 8.24. The molecule has 3 heteroatoms. The lowest BCUT2D eigenvalue weighted by atomic mass is 10.1. The van der Waals surface area contributed by atoms with Crippen LogP contribution in [0.4, 0.5) is 0 Å². The van der Waals surface area contributed by atoms with Gasteiger partial charge in [0.25, 0.3) is 5.56 Å². The molecule has 0 unspecified atom stereocenters. The number of aromatic nitrogens is 2. The molecule has 0 saturated carbocycles. The van der Waals surface area contributed by atoms with Crippen molar-refractivity contribution in [3.8, 4) is 0 Å². The molecule has 0 saturated heterocycles. The van der Waals surface area contributed by atoms with Crippen LogP contribution in [0.3, 0.4) is 0 Å². The topological polar surface area (TPSA) is 45.8 Å². The van der Waals surface area contributed by atoms with E-state index in [1.165, 1.54) is 0 Å². The van der Waals surface area contributed by atoms with Gasteiger partial charge in [-0.05, 0) is 23.4 Å². The first-order valence-electron chi connectivity index (χ1n) is 4.66. The lowest BCUT2D eigenvalue weighted by Crippen LogP contribution is -2.05. The Labute approximate surface area is 81.8 Å². The van der Waals surface area contributed by atoms with Crippen LogP contribution in [0, 0.1) is 0 Å². The molecule has 14 heavy (non-hydrogen) atoms. The van der Waals surface area contributed by atoms with E-state index in [-0.39, 0.29) is 5.56 Å². The summed E-state index contributed by atoms with van der Waals surface area (Å²) in [5.41, 5.74) is 0.938. The van der Waals surface area contributed by atoms with Gasteiger partial charge in [-0.2, -0.15) is 0 Å². The largest absolute Gasteiger partial charge is 0.329 e. The van der Waals surface area contributed by atoms with Crippen LogP contribution in [0.15, 0.2) is 29.3 Å². The Bertz CT molecular complexity index is 514. The van der Waals surface area contributed by atoms with Crippen LogP contribution in [-0.4, -0.2) is 9.97 Å². The monoisotopic (exact) mass is 188 g/mol. The summed E-state index contributed by atoms with van der Waals surface area (Å²) in [5.74, 6) is 0.388. The van der Waals surface area contributed by atoms with Gasteiger partial charge in [0.15, 0.2) is 0 Å². The second-order valence-corrected chi connectivity index (χ2v) is 3.66. The number of nitrogens with zero attached hydrogens (tertiary/aromatic N) is 1. The number of H-pyrrole nitrogens is 1. The Kier molecular flexibility index (Phi) is 2.08. The van der Waals surface area contributed by atoms with E-state index in [2.05, 4.69) is 23.8 Å². The van der Waals surface area contributed by atoms with Crippen molar-refractivity contribution in [3.63, 3.8) is 0 Å². The van der Waals surface area contributed by atoms with E-state index < -0.39 is 0 Å². The lowest BCUT2D eigenvalue weighted by Gasteiger charge is -2.04. The Morgan fingerprint density at radius 1 is 1.43 bits per heavy atom. The van der Waals surface area contributed by atoms with Crippen molar-refractivity contribution in [1.29, 1.82) is 0 Å². The van der Waals surface area contributed by atoms with Gasteiger partial charge in [-0.3, -0.25) is 9.78 Å². The van der Waals surface area contributed by atoms with Crippen LogP contribution in [0.2, 0.25) is 0 Å². The maximum atomic E-state index is 11.4. The first-order chi connectivity index (χ1) is 6.68. The van der Waals surface area contributed by atoms with Crippen LogP contribution >= 0.6 is 0 Å². The second kappa shape index (κ2) is 3.25. The third-order valence-corrected chi connectivity index (χ3v) is 2.27. The number of nitrogens with one attached hydrogen (secondary N) is 1. The fourth-order valence-corrected chi connectivity index (χ4v) is 1.42.